The van der Waals surface area contributed by atoms with Crippen molar-refractivity contribution in [2.24, 2.45) is 0 Å². The van der Waals surface area contributed by atoms with E-state index < -0.39 is 0 Å². The Kier molecular flexibility index (Phi) is 6.06. The van der Waals surface area contributed by atoms with Gasteiger partial charge in [0.25, 0.3) is 5.91 Å². The lowest BCUT2D eigenvalue weighted by atomic mass is 9.95. The van der Waals surface area contributed by atoms with E-state index in [2.05, 4.69) is 15.6 Å². The van der Waals surface area contributed by atoms with Crippen LogP contribution in [0.4, 0.5) is 5.69 Å². The molecule has 1 heterocycles. The molecule has 1 atom stereocenters. The van der Waals surface area contributed by atoms with E-state index in [4.69, 9.17) is 11.6 Å². The molecule has 0 aliphatic heterocycles. The highest BCUT2D eigenvalue weighted by Gasteiger charge is 2.21. The van der Waals surface area contributed by atoms with Gasteiger partial charge in [-0.2, -0.15) is 0 Å². The third-order valence-electron chi connectivity index (χ3n) is 4.35. The minimum atomic E-state index is -0.364. The number of carbonyl (C=O) groups excluding carboxylic acids is 2. The number of nitrogens with zero attached hydrogens (tertiary/aromatic N) is 1. The zero-order valence-electron chi connectivity index (χ0n) is 15.6. The summed E-state index contributed by atoms with van der Waals surface area (Å²) in [5.41, 5.74) is 3.75. The van der Waals surface area contributed by atoms with E-state index in [1.165, 1.54) is 6.92 Å². The molecule has 0 radical (unpaired) electrons. The molecule has 3 rings (SSSR count). The van der Waals surface area contributed by atoms with Gasteiger partial charge in [-0.25, -0.2) is 0 Å². The van der Waals surface area contributed by atoms with Crippen LogP contribution in [0.2, 0.25) is 5.02 Å². The second-order valence-electron chi connectivity index (χ2n) is 6.42. The van der Waals surface area contributed by atoms with Crippen LogP contribution in [0.25, 0.3) is 0 Å². The summed E-state index contributed by atoms with van der Waals surface area (Å²) < 4.78 is 0. The van der Waals surface area contributed by atoms with Crippen molar-refractivity contribution in [3.63, 3.8) is 0 Å². The van der Waals surface area contributed by atoms with E-state index in [0.29, 0.717) is 16.3 Å². The molecule has 0 fully saturated rings. The third-order valence-corrected chi connectivity index (χ3v) is 4.68. The Morgan fingerprint density at radius 3 is 2.43 bits per heavy atom. The van der Waals surface area contributed by atoms with E-state index >= 15 is 0 Å². The average molecular weight is 394 g/mol. The summed E-state index contributed by atoms with van der Waals surface area (Å²) in [4.78, 5) is 28.4. The number of hydrogen-bond donors (Lipinski definition) is 2. The van der Waals surface area contributed by atoms with E-state index in [1.54, 1.807) is 30.6 Å². The zero-order chi connectivity index (χ0) is 20.1. The van der Waals surface area contributed by atoms with E-state index in [9.17, 15) is 9.59 Å². The molecule has 0 aliphatic rings. The topological polar surface area (TPSA) is 71.1 Å². The zero-order valence-corrected chi connectivity index (χ0v) is 16.3. The van der Waals surface area contributed by atoms with Crippen LogP contribution in [0.15, 0.2) is 67.0 Å². The number of aromatic nitrogens is 1. The van der Waals surface area contributed by atoms with Gasteiger partial charge in [0, 0.05) is 25.0 Å². The van der Waals surface area contributed by atoms with E-state index in [1.807, 2.05) is 43.3 Å². The molecule has 0 spiro atoms. The van der Waals surface area contributed by atoms with Gasteiger partial charge < -0.3 is 10.6 Å². The van der Waals surface area contributed by atoms with Crippen LogP contribution in [0.1, 0.15) is 40.0 Å². The summed E-state index contributed by atoms with van der Waals surface area (Å²) in [6.07, 6.45) is 3.38. The first kappa shape index (κ1) is 19.6. The maximum absolute atomic E-state index is 13.0. The summed E-state index contributed by atoms with van der Waals surface area (Å²) in [6, 6.07) is 16.1. The third kappa shape index (κ3) is 4.56. The Hall–Kier alpha value is -3.18. The normalized spacial score (nSPS) is 11.5. The number of aryl methyl sites for hydroxylation is 1. The van der Waals surface area contributed by atoms with Crippen LogP contribution >= 0.6 is 11.6 Å². The Labute approximate surface area is 168 Å². The van der Waals surface area contributed by atoms with Crippen molar-refractivity contribution in [3.8, 4) is 0 Å². The number of hydrogen-bond acceptors (Lipinski definition) is 3. The number of benzene rings is 2. The maximum Gasteiger partial charge on any atom is 0.253 e. The fourth-order valence-corrected chi connectivity index (χ4v) is 3.20. The molecular formula is C22H20ClN3O2. The van der Waals surface area contributed by atoms with Crippen molar-refractivity contribution in [2.75, 3.05) is 5.32 Å². The monoisotopic (exact) mass is 393 g/mol. The number of nitrogens with one attached hydrogen (secondary N) is 2. The molecule has 2 aromatic carbocycles. The second kappa shape index (κ2) is 8.67. The first-order valence-electron chi connectivity index (χ1n) is 8.79. The summed E-state index contributed by atoms with van der Waals surface area (Å²) in [6.45, 7) is 3.41. The SMILES string of the molecule is CC(=O)Nc1ccc(Cl)c(C(=O)N[C@H](c2ccncc2)c2ccccc2C)c1. The molecule has 2 amide bonds. The standard InChI is InChI=1S/C22H20ClN3O2/c1-14-5-3-4-6-18(14)21(16-9-11-24-12-10-16)26-22(28)19-13-17(25-15(2)27)7-8-20(19)23/h3-13,21H,1-2H3,(H,25,27)(H,26,28)/t21-/m1/s1. The van der Waals surface area contributed by atoms with Crippen LogP contribution < -0.4 is 10.6 Å². The largest absolute Gasteiger partial charge is 0.341 e. The molecule has 2 N–H and O–H groups in total. The summed E-state index contributed by atoms with van der Waals surface area (Å²) >= 11 is 6.25. The molecule has 0 aliphatic carbocycles. The lowest BCUT2D eigenvalue weighted by Gasteiger charge is -2.22. The Morgan fingerprint density at radius 1 is 1.04 bits per heavy atom. The fourth-order valence-electron chi connectivity index (χ4n) is 3.00. The Morgan fingerprint density at radius 2 is 1.75 bits per heavy atom. The first-order chi connectivity index (χ1) is 13.5. The average Bonchev–Trinajstić information content (AvgIpc) is 2.68. The number of halogens is 1. The molecule has 1 aromatic heterocycles. The van der Waals surface area contributed by atoms with Crippen LogP contribution in [0, 0.1) is 6.92 Å². The minimum Gasteiger partial charge on any atom is -0.341 e. The Bertz CT molecular complexity index is 1010. The van der Waals surface area contributed by atoms with Gasteiger partial charge in [0.15, 0.2) is 0 Å². The Balaban J connectivity index is 1.97. The van der Waals surface area contributed by atoms with Gasteiger partial charge >= 0.3 is 0 Å². The van der Waals surface area contributed by atoms with Gasteiger partial charge in [0.2, 0.25) is 5.91 Å². The lowest BCUT2D eigenvalue weighted by Crippen LogP contribution is -2.30. The smallest absolute Gasteiger partial charge is 0.253 e. The molecule has 0 saturated heterocycles. The van der Waals surface area contributed by atoms with Crippen molar-refractivity contribution < 1.29 is 9.59 Å². The molecule has 0 bridgehead atoms. The molecule has 6 heteroatoms. The highest BCUT2D eigenvalue weighted by molar-refractivity contribution is 6.34. The van der Waals surface area contributed by atoms with Gasteiger partial charge in [-0.15, -0.1) is 0 Å². The first-order valence-corrected chi connectivity index (χ1v) is 9.17. The molecule has 28 heavy (non-hydrogen) atoms. The van der Waals surface area contributed by atoms with Gasteiger partial charge in [0.1, 0.15) is 0 Å². The quantitative estimate of drug-likeness (QED) is 0.669. The van der Waals surface area contributed by atoms with E-state index in [-0.39, 0.29) is 17.9 Å². The summed E-state index contributed by atoms with van der Waals surface area (Å²) in [5.74, 6) is -0.550. The van der Waals surface area contributed by atoms with Crippen molar-refractivity contribution in [1.82, 2.24) is 10.3 Å². The predicted octanol–water partition coefficient (Wildman–Crippen LogP) is 4.52. The van der Waals surface area contributed by atoms with Gasteiger partial charge in [-0.05, 0) is 53.9 Å². The van der Waals surface area contributed by atoms with Crippen molar-refractivity contribution in [1.29, 1.82) is 0 Å². The predicted molar refractivity (Wildman–Crippen MR) is 110 cm³/mol. The van der Waals surface area contributed by atoms with Gasteiger partial charge in [-0.3, -0.25) is 14.6 Å². The lowest BCUT2D eigenvalue weighted by molar-refractivity contribution is -0.114. The van der Waals surface area contributed by atoms with Gasteiger partial charge in [0.05, 0.1) is 16.6 Å². The minimum absolute atomic E-state index is 0.219. The van der Waals surface area contributed by atoms with Crippen LogP contribution in [0.3, 0.4) is 0 Å². The maximum atomic E-state index is 13.0. The number of carbonyl (C=O) groups is 2. The second-order valence-corrected chi connectivity index (χ2v) is 6.83. The van der Waals surface area contributed by atoms with Crippen molar-refractivity contribution in [3.05, 3.63) is 94.3 Å². The van der Waals surface area contributed by atoms with E-state index in [0.717, 1.165) is 16.7 Å². The van der Waals surface area contributed by atoms with Gasteiger partial charge in [-0.1, -0.05) is 35.9 Å². The molecule has 0 saturated carbocycles. The summed E-state index contributed by atoms with van der Waals surface area (Å²) in [5, 5.41) is 6.04. The van der Waals surface area contributed by atoms with Crippen LogP contribution in [0.5, 0.6) is 0 Å². The molecule has 5 nitrogen and oxygen atoms in total. The highest BCUT2D eigenvalue weighted by atomic mass is 35.5. The highest BCUT2D eigenvalue weighted by Crippen LogP contribution is 2.27. The molecular weight excluding hydrogens is 374 g/mol. The number of pyridine rings is 1. The molecule has 0 unspecified atom stereocenters. The van der Waals surface area contributed by atoms with Crippen molar-refractivity contribution in [2.45, 2.75) is 19.9 Å². The molecule has 3 aromatic rings. The number of rotatable bonds is 5. The van der Waals surface area contributed by atoms with Crippen molar-refractivity contribution >= 4 is 29.1 Å². The fraction of sp³-hybridized carbons (Fsp3) is 0.136. The van der Waals surface area contributed by atoms with Crippen LogP contribution in [-0.2, 0) is 4.79 Å². The summed E-state index contributed by atoms with van der Waals surface area (Å²) in [7, 11) is 0. The van der Waals surface area contributed by atoms with Crippen LogP contribution in [-0.4, -0.2) is 16.8 Å². The number of amides is 2. The molecule has 142 valence electrons. The number of anilines is 1.